The third kappa shape index (κ3) is 6.86. The van der Waals surface area contributed by atoms with Crippen LogP contribution < -0.4 is 5.73 Å². The molecule has 0 spiro atoms. The van der Waals surface area contributed by atoms with E-state index in [1.54, 1.807) is 0 Å². The van der Waals surface area contributed by atoms with Crippen molar-refractivity contribution >= 4 is 5.78 Å². The number of allylic oxidation sites excluding steroid dienone is 6. The molecule has 0 saturated carbocycles. The Balaban J connectivity index is 0.000000921. The molecular formula is C13H21NO. The summed E-state index contributed by atoms with van der Waals surface area (Å²) in [4.78, 5) is 10.9. The van der Waals surface area contributed by atoms with E-state index >= 15 is 0 Å². The Bertz CT molecular complexity index is 262. The van der Waals surface area contributed by atoms with Gasteiger partial charge in [-0.2, -0.15) is 0 Å². The molecule has 0 aromatic rings. The van der Waals surface area contributed by atoms with Crippen LogP contribution in [0, 0.1) is 0 Å². The molecule has 2 heteroatoms. The van der Waals surface area contributed by atoms with Gasteiger partial charge < -0.3 is 5.73 Å². The summed E-state index contributed by atoms with van der Waals surface area (Å²) in [6.45, 7) is 4.16. The average Bonchev–Trinajstić information content (AvgIpc) is 2.57. The number of carbonyl (C=O) groups is 1. The van der Waals surface area contributed by atoms with Crippen LogP contribution in [0.25, 0.3) is 0 Å². The van der Waals surface area contributed by atoms with E-state index in [2.05, 4.69) is 18.2 Å². The molecule has 0 radical (unpaired) electrons. The maximum atomic E-state index is 10.9. The van der Waals surface area contributed by atoms with Gasteiger partial charge in [-0.25, -0.2) is 0 Å². The van der Waals surface area contributed by atoms with Crippen molar-refractivity contribution in [2.45, 2.75) is 33.1 Å². The largest absolute Gasteiger partial charge is 0.324 e. The van der Waals surface area contributed by atoms with Crippen molar-refractivity contribution in [2.24, 2.45) is 5.73 Å². The molecule has 2 N–H and O–H groups in total. The van der Waals surface area contributed by atoms with Crippen molar-refractivity contribution in [3.05, 3.63) is 36.0 Å². The Morgan fingerprint density at radius 1 is 1.40 bits per heavy atom. The molecule has 1 rings (SSSR count). The molecule has 1 aliphatic rings. The monoisotopic (exact) mass is 207 g/mol. The van der Waals surface area contributed by atoms with Crippen molar-refractivity contribution in [1.82, 2.24) is 0 Å². The zero-order chi connectivity index (χ0) is 11.5. The van der Waals surface area contributed by atoms with Crippen molar-refractivity contribution in [3.8, 4) is 0 Å². The standard InChI is InChI=1S/C11H15NO.C2H6/c12-9-11(13)8-7-10-5-3-1-2-4-6-10;1-2/h1,3-6H,2,7-9,12H2;1-2H3. The first-order valence-electron chi connectivity index (χ1n) is 5.57. The summed E-state index contributed by atoms with van der Waals surface area (Å²) in [7, 11) is 0. The zero-order valence-corrected chi connectivity index (χ0v) is 9.70. The topological polar surface area (TPSA) is 43.1 Å². The van der Waals surface area contributed by atoms with Crippen LogP contribution in [-0.4, -0.2) is 12.3 Å². The molecule has 0 unspecified atom stereocenters. The Labute approximate surface area is 92.6 Å². The first kappa shape index (κ1) is 13.8. The van der Waals surface area contributed by atoms with Crippen molar-refractivity contribution < 1.29 is 4.79 Å². The minimum Gasteiger partial charge on any atom is -0.324 e. The fourth-order valence-electron chi connectivity index (χ4n) is 1.18. The van der Waals surface area contributed by atoms with Gasteiger partial charge in [0.1, 0.15) is 5.78 Å². The summed E-state index contributed by atoms with van der Waals surface area (Å²) < 4.78 is 0. The summed E-state index contributed by atoms with van der Waals surface area (Å²) in [6, 6.07) is 0. The van der Waals surface area contributed by atoms with E-state index in [0.29, 0.717) is 6.42 Å². The molecule has 0 aliphatic heterocycles. The van der Waals surface area contributed by atoms with E-state index in [1.165, 1.54) is 5.57 Å². The normalized spacial score (nSPS) is 13.7. The highest BCUT2D eigenvalue weighted by molar-refractivity contribution is 5.80. The van der Waals surface area contributed by atoms with Gasteiger partial charge in [0.2, 0.25) is 0 Å². The smallest absolute Gasteiger partial charge is 0.146 e. The van der Waals surface area contributed by atoms with Crippen molar-refractivity contribution in [1.29, 1.82) is 0 Å². The Hall–Kier alpha value is -1.15. The molecular weight excluding hydrogens is 186 g/mol. The highest BCUT2D eigenvalue weighted by atomic mass is 16.1. The first-order chi connectivity index (χ1) is 7.33. The molecule has 0 saturated heterocycles. The van der Waals surface area contributed by atoms with E-state index in [1.807, 2.05) is 26.0 Å². The minimum absolute atomic E-state index is 0.127. The second-order valence-electron chi connectivity index (χ2n) is 3.05. The summed E-state index contributed by atoms with van der Waals surface area (Å²) >= 11 is 0. The van der Waals surface area contributed by atoms with Crippen LogP contribution in [0.4, 0.5) is 0 Å². The van der Waals surface area contributed by atoms with Crippen LogP contribution in [0.2, 0.25) is 0 Å². The number of hydrogen-bond donors (Lipinski definition) is 1. The molecule has 0 atom stereocenters. The van der Waals surface area contributed by atoms with Crippen LogP contribution in [0.5, 0.6) is 0 Å². The van der Waals surface area contributed by atoms with E-state index in [0.717, 1.165) is 12.8 Å². The minimum atomic E-state index is 0.127. The third-order valence-electron chi connectivity index (χ3n) is 1.97. The Morgan fingerprint density at radius 2 is 2.13 bits per heavy atom. The van der Waals surface area contributed by atoms with Gasteiger partial charge in [-0.3, -0.25) is 4.79 Å². The van der Waals surface area contributed by atoms with Gasteiger partial charge in [-0.05, 0) is 18.4 Å². The van der Waals surface area contributed by atoms with Gasteiger partial charge in [0, 0.05) is 6.42 Å². The average molecular weight is 207 g/mol. The van der Waals surface area contributed by atoms with Gasteiger partial charge in [0.05, 0.1) is 6.54 Å². The SMILES string of the molecule is CC.NCC(=O)CCC1=CC=CCC=C1. The number of ketones is 1. The maximum Gasteiger partial charge on any atom is 0.146 e. The molecule has 0 heterocycles. The lowest BCUT2D eigenvalue weighted by atomic mass is 10.1. The number of rotatable bonds is 4. The number of nitrogens with two attached hydrogens (primary N) is 1. The van der Waals surface area contributed by atoms with E-state index in [9.17, 15) is 4.79 Å². The van der Waals surface area contributed by atoms with Crippen molar-refractivity contribution in [3.63, 3.8) is 0 Å². The second kappa shape index (κ2) is 9.41. The van der Waals surface area contributed by atoms with E-state index < -0.39 is 0 Å². The van der Waals surface area contributed by atoms with Crippen molar-refractivity contribution in [2.75, 3.05) is 6.54 Å². The molecule has 15 heavy (non-hydrogen) atoms. The summed E-state index contributed by atoms with van der Waals surface area (Å²) in [5.74, 6) is 0.127. The fourth-order valence-corrected chi connectivity index (χ4v) is 1.18. The van der Waals surface area contributed by atoms with Crippen LogP contribution in [0.15, 0.2) is 36.0 Å². The molecule has 2 nitrogen and oxygen atoms in total. The first-order valence-corrected chi connectivity index (χ1v) is 5.57. The molecule has 0 amide bonds. The van der Waals surface area contributed by atoms with Gasteiger partial charge >= 0.3 is 0 Å². The molecule has 0 bridgehead atoms. The Kier molecular flexibility index (Phi) is 8.69. The van der Waals surface area contributed by atoms with Crippen LogP contribution in [0.3, 0.4) is 0 Å². The fraction of sp³-hybridized carbons (Fsp3) is 0.462. The predicted octanol–water partition coefficient (Wildman–Crippen LogP) is 2.76. The number of carbonyl (C=O) groups excluding carboxylic acids is 1. The molecule has 0 aromatic carbocycles. The number of hydrogen-bond acceptors (Lipinski definition) is 2. The quantitative estimate of drug-likeness (QED) is 0.770. The lowest BCUT2D eigenvalue weighted by Crippen LogP contribution is -2.12. The van der Waals surface area contributed by atoms with Crippen LogP contribution >= 0.6 is 0 Å². The lowest BCUT2D eigenvalue weighted by Gasteiger charge is -1.98. The molecule has 0 fully saturated rings. The highest BCUT2D eigenvalue weighted by Gasteiger charge is 2.00. The van der Waals surface area contributed by atoms with Gasteiger partial charge in [0.15, 0.2) is 0 Å². The molecule has 0 aromatic heterocycles. The zero-order valence-electron chi connectivity index (χ0n) is 9.70. The van der Waals surface area contributed by atoms with E-state index in [4.69, 9.17) is 5.73 Å². The van der Waals surface area contributed by atoms with Gasteiger partial charge in [-0.1, -0.05) is 44.2 Å². The van der Waals surface area contributed by atoms with Crippen LogP contribution in [-0.2, 0) is 4.79 Å². The highest BCUT2D eigenvalue weighted by Crippen LogP contribution is 2.10. The lowest BCUT2D eigenvalue weighted by molar-refractivity contribution is -0.117. The van der Waals surface area contributed by atoms with Gasteiger partial charge in [0.25, 0.3) is 0 Å². The van der Waals surface area contributed by atoms with Gasteiger partial charge in [-0.15, -0.1) is 0 Å². The third-order valence-corrected chi connectivity index (χ3v) is 1.97. The molecule has 1 aliphatic carbocycles. The summed E-state index contributed by atoms with van der Waals surface area (Å²) in [5.41, 5.74) is 6.42. The summed E-state index contributed by atoms with van der Waals surface area (Å²) in [6.07, 6.45) is 12.7. The predicted molar refractivity (Wildman–Crippen MR) is 65.6 cm³/mol. The van der Waals surface area contributed by atoms with E-state index in [-0.39, 0.29) is 12.3 Å². The summed E-state index contributed by atoms with van der Waals surface area (Å²) in [5, 5.41) is 0. The number of Topliss-reactive ketones (excluding diaryl/α,β-unsaturated/α-hetero) is 1. The molecule has 84 valence electrons. The Morgan fingerprint density at radius 3 is 2.80 bits per heavy atom. The second-order valence-corrected chi connectivity index (χ2v) is 3.05. The van der Waals surface area contributed by atoms with Crippen LogP contribution in [0.1, 0.15) is 33.1 Å². The maximum absolute atomic E-state index is 10.9.